The predicted molar refractivity (Wildman–Crippen MR) is 36.3 cm³/mol. The van der Waals surface area contributed by atoms with Crippen LogP contribution in [0, 0.1) is 24.4 Å². The van der Waals surface area contributed by atoms with Gasteiger partial charge in [-0.1, -0.05) is 5.92 Å². The summed E-state index contributed by atoms with van der Waals surface area (Å²) in [5.74, 6) is 1.61. The average Bonchev–Trinajstić information content (AvgIpc) is 2.29. The van der Waals surface area contributed by atoms with Gasteiger partial charge in [-0.3, -0.25) is 0 Å². The first-order valence-electron chi connectivity index (χ1n) is 2.92. The van der Waals surface area contributed by atoms with Crippen LogP contribution in [0.1, 0.15) is 0 Å². The van der Waals surface area contributed by atoms with E-state index in [9.17, 15) is 4.39 Å². The monoisotopic (exact) mass is 153 g/mol. The van der Waals surface area contributed by atoms with E-state index in [0.29, 0.717) is 0 Å². The summed E-state index contributed by atoms with van der Waals surface area (Å²) in [6, 6.07) is 0. The molecular formula is C7H6FN2O. The molecule has 0 N–H and O–H groups in total. The van der Waals surface area contributed by atoms with Crippen molar-refractivity contribution >= 4 is 0 Å². The number of hydrogen-bond donors (Lipinski definition) is 0. The molecule has 0 aliphatic heterocycles. The number of rotatable bonds is 2. The molecule has 1 heterocycles. The zero-order valence-electron chi connectivity index (χ0n) is 5.97. The van der Waals surface area contributed by atoms with Crippen molar-refractivity contribution < 1.29 is 9.13 Å². The maximum Gasteiger partial charge on any atom is 0.250 e. The van der Waals surface area contributed by atoms with Gasteiger partial charge in [-0.15, -0.1) is 6.42 Å². The molecule has 1 radical (unpaired) electrons. The largest absolute Gasteiger partial charge is 0.463 e. The van der Waals surface area contributed by atoms with Crippen LogP contribution in [0.15, 0.2) is 0 Å². The molecule has 0 saturated carbocycles. The van der Waals surface area contributed by atoms with Crippen molar-refractivity contribution in [2.45, 2.75) is 0 Å². The molecule has 0 aliphatic rings. The van der Waals surface area contributed by atoms with Crippen LogP contribution in [0.25, 0.3) is 0 Å². The molecule has 57 valence electrons. The van der Waals surface area contributed by atoms with Crippen molar-refractivity contribution in [3.63, 3.8) is 0 Å². The molecule has 0 aromatic carbocycles. The van der Waals surface area contributed by atoms with Gasteiger partial charge >= 0.3 is 0 Å². The van der Waals surface area contributed by atoms with Crippen molar-refractivity contribution in [2.75, 3.05) is 6.61 Å². The molecule has 0 bridgehead atoms. The third-order valence-electron chi connectivity index (χ3n) is 1.07. The van der Waals surface area contributed by atoms with Crippen LogP contribution in [0.2, 0.25) is 0 Å². The fourth-order valence-corrected chi connectivity index (χ4v) is 0.621. The van der Waals surface area contributed by atoms with Gasteiger partial charge in [0.05, 0.1) is 0 Å². The fourth-order valence-electron chi connectivity index (χ4n) is 0.621. The van der Waals surface area contributed by atoms with Crippen molar-refractivity contribution in [2.24, 2.45) is 7.05 Å². The second kappa shape index (κ2) is 3.06. The van der Waals surface area contributed by atoms with E-state index in [1.165, 1.54) is 4.68 Å². The lowest BCUT2D eigenvalue weighted by molar-refractivity contribution is 0.317. The van der Waals surface area contributed by atoms with E-state index in [0.717, 1.165) is 0 Å². The van der Waals surface area contributed by atoms with Gasteiger partial charge in [-0.05, 0) is 0 Å². The maximum absolute atomic E-state index is 12.6. The van der Waals surface area contributed by atoms with Gasteiger partial charge in [0.15, 0.2) is 12.8 Å². The topological polar surface area (TPSA) is 27.1 Å². The zero-order valence-corrected chi connectivity index (χ0v) is 5.97. The van der Waals surface area contributed by atoms with Crippen molar-refractivity contribution in [3.8, 4) is 18.2 Å². The first-order valence-corrected chi connectivity index (χ1v) is 2.92. The minimum absolute atomic E-state index is 0.0166. The van der Waals surface area contributed by atoms with Crippen LogP contribution < -0.4 is 4.74 Å². The third-order valence-corrected chi connectivity index (χ3v) is 1.07. The number of aromatic nitrogens is 2. The van der Waals surface area contributed by atoms with Gasteiger partial charge in [0.2, 0.25) is 11.7 Å². The molecule has 1 aromatic rings. The summed E-state index contributed by atoms with van der Waals surface area (Å²) >= 11 is 0. The van der Waals surface area contributed by atoms with Crippen LogP contribution >= 0.6 is 0 Å². The first-order chi connectivity index (χ1) is 5.25. The summed E-state index contributed by atoms with van der Waals surface area (Å²) in [5.41, 5.74) is 0. The molecule has 3 nitrogen and oxygen atoms in total. The van der Waals surface area contributed by atoms with Crippen molar-refractivity contribution in [3.05, 3.63) is 12.0 Å². The van der Waals surface area contributed by atoms with Crippen LogP contribution in [0.3, 0.4) is 0 Å². The van der Waals surface area contributed by atoms with Crippen molar-refractivity contribution in [1.82, 2.24) is 9.78 Å². The Morgan fingerprint density at radius 2 is 2.64 bits per heavy atom. The van der Waals surface area contributed by atoms with E-state index >= 15 is 0 Å². The van der Waals surface area contributed by atoms with Gasteiger partial charge < -0.3 is 4.74 Å². The van der Waals surface area contributed by atoms with E-state index in [1.807, 2.05) is 0 Å². The Morgan fingerprint density at radius 1 is 1.91 bits per heavy atom. The summed E-state index contributed by atoms with van der Waals surface area (Å²) in [5, 5.41) is 3.49. The molecular weight excluding hydrogens is 147 g/mol. The van der Waals surface area contributed by atoms with E-state index in [4.69, 9.17) is 11.2 Å². The van der Waals surface area contributed by atoms with Crippen LogP contribution in [0.5, 0.6) is 5.88 Å². The molecule has 0 amide bonds. The highest BCUT2D eigenvalue weighted by Gasteiger charge is 2.08. The summed E-state index contributed by atoms with van der Waals surface area (Å²) in [6.45, 7) is 0.0320. The van der Waals surface area contributed by atoms with E-state index in [2.05, 4.69) is 17.2 Å². The number of terminal acetylenes is 1. The summed E-state index contributed by atoms with van der Waals surface area (Å²) in [6.07, 6.45) is 7.01. The summed E-state index contributed by atoms with van der Waals surface area (Å²) in [4.78, 5) is 0. The second-order valence-corrected chi connectivity index (χ2v) is 1.85. The molecule has 0 aliphatic carbocycles. The quantitative estimate of drug-likeness (QED) is 0.574. The standard InChI is InChI=1S/C7H6FN2O/c1-3-4-11-7-6(8)5-9-10(7)2/h1H,4H2,2H3. The SMILES string of the molecule is C#CCOc1c(F)[c]nn1C. The second-order valence-electron chi connectivity index (χ2n) is 1.85. The van der Waals surface area contributed by atoms with E-state index < -0.39 is 5.82 Å². The molecule has 1 rings (SSSR count). The molecule has 0 unspecified atom stereocenters. The number of aryl methyl sites for hydroxylation is 1. The van der Waals surface area contributed by atoms with Gasteiger partial charge in [-0.2, -0.15) is 9.49 Å². The molecule has 0 atom stereocenters. The Kier molecular flexibility index (Phi) is 2.12. The first kappa shape index (κ1) is 7.61. The van der Waals surface area contributed by atoms with Gasteiger partial charge in [0.1, 0.15) is 0 Å². The maximum atomic E-state index is 12.6. The fraction of sp³-hybridized carbons (Fsp3) is 0.286. The lowest BCUT2D eigenvalue weighted by Crippen LogP contribution is -2.01. The predicted octanol–water partition coefficient (Wildman–Crippen LogP) is 0.371. The number of hydrogen-bond acceptors (Lipinski definition) is 2. The smallest absolute Gasteiger partial charge is 0.250 e. The van der Waals surface area contributed by atoms with Crippen LogP contribution in [0.4, 0.5) is 4.39 Å². The molecule has 4 heteroatoms. The minimum atomic E-state index is -0.622. The number of nitrogens with zero attached hydrogens (tertiary/aromatic N) is 2. The normalized spacial score (nSPS) is 9.18. The van der Waals surface area contributed by atoms with Gasteiger partial charge in [0, 0.05) is 7.05 Å². The number of halogens is 1. The highest BCUT2D eigenvalue weighted by atomic mass is 19.1. The van der Waals surface area contributed by atoms with E-state index in [-0.39, 0.29) is 12.5 Å². The van der Waals surface area contributed by atoms with Crippen LogP contribution in [-0.2, 0) is 7.05 Å². The Labute approximate surface area is 63.8 Å². The lowest BCUT2D eigenvalue weighted by Gasteiger charge is -2.00. The van der Waals surface area contributed by atoms with Crippen molar-refractivity contribution in [1.29, 1.82) is 0 Å². The van der Waals surface area contributed by atoms with Gasteiger partial charge in [-0.25, -0.2) is 4.68 Å². The zero-order chi connectivity index (χ0) is 8.27. The average molecular weight is 153 g/mol. The highest BCUT2D eigenvalue weighted by Crippen LogP contribution is 2.12. The third kappa shape index (κ3) is 1.49. The Balaban J connectivity index is 2.77. The molecule has 0 saturated heterocycles. The molecule has 0 spiro atoms. The van der Waals surface area contributed by atoms with Gasteiger partial charge in [0.25, 0.3) is 0 Å². The Hall–Kier alpha value is -1.50. The summed E-state index contributed by atoms with van der Waals surface area (Å²) < 4.78 is 18.6. The molecule has 1 aromatic heterocycles. The Morgan fingerprint density at radius 3 is 3.09 bits per heavy atom. The van der Waals surface area contributed by atoms with E-state index in [1.54, 1.807) is 7.05 Å². The van der Waals surface area contributed by atoms with Crippen LogP contribution in [-0.4, -0.2) is 16.4 Å². The highest BCUT2D eigenvalue weighted by molar-refractivity contribution is 5.10. The molecule has 0 fully saturated rings. The molecule has 11 heavy (non-hydrogen) atoms. The number of ether oxygens (including phenoxy) is 1. The lowest BCUT2D eigenvalue weighted by atomic mass is 10.6. The minimum Gasteiger partial charge on any atom is -0.463 e. The Bertz CT molecular complexity index is 268. The summed E-state index contributed by atoms with van der Waals surface area (Å²) in [7, 11) is 1.55.